The van der Waals surface area contributed by atoms with Crippen molar-refractivity contribution < 1.29 is 4.39 Å². The summed E-state index contributed by atoms with van der Waals surface area (Å²) in [5, 5.41) is 3.46. The Morgan fingerprint density at radius 2 is 1.83 bits per heavy atom. The van der Waals surface area contributed by atoms with Gasteiger partial charge < -0.3 is 5.32 Å². The molecule has 0 heterocycles. The van der Waals surface area contributed by atoms with E-state index in [2.05, 4.69) is 12.2 Å². The van der Waals surface area contributed by atoms with Gasteiger partial charge in [-0.15, -0.1) is 0 Å². The second kappa shape index (κ2) is 9.35. The first-order chi connectivity index (χ1) is 8.75. The summed E-state index contributed by atoms with van der Waals surface area (Å²) in [6.45, 7) is 3.72. The first-order valence-corrected chi connectivity index (χ1v) is 7.27. The van der Waals surface area contributed by atoms with Crippen molar-refractivity contribution in [1.82, 2.24) is 5.32 Å². The Morgan fingerprint density at radius 1 is 1.11 bits per heavy atom. The Morgan fingerprint density at radius 3 is 2.61 bits per heavy atom. The summed E-state index contributed by atoms with van der Waals surface area (Å²) in [6, 6.07) is 5.14. The summed E-state index contributed by atoms with van der Waals surface area (Å²) < 4.78 is 13.5. The van der Waals surface area contributed by atoms with Crippen LogP contribution in [0.2, 0.25) is 5.02 Å². The van der Waals surface area contributed by atoms with E-state index >= 15 is 0 Å². The maximum atomic E-state index is 13.5. The maximum Gasteiger partial charge on any atom is 0.146 e. The first kappa shape index (κ1) is 15.5. The van der Waals surface area contributed by atoms with Crippen LogP contribution >= 0.6 is 11.6 Å². The van der Waals surface area contributed by atoms with Gasteiger partial charge in [-0.05, 0) is 19.0 Å². The van der Waals surface area contributed by atoms with Gasteiger partial charge in [0.25, 0.3) is 0 Å². The molecule has 0 aliphatic rings. The number of nitrogens with one attached hydrogen (secondary N) is 1. The zero-order valence-electron chi connectivity index (χ0n) is 11.1. The highest BCUT2D eigenvalue weighted by Crippen LogP contribution is 2.17. The van der Waals surface area contributed by atoms with Crippen molar-refractivity contribution >= 4 is 11.6 Å². The van der Waals surface area contributed by atoms with E-state index in [1.165, 1.54) is 32.1 Å². The molecule has 0 unspecified atom stereocenters. The third-order valence-electron chi connectivity index (χ3n) is 3.05. The third-order valence-corrected chi connectivity index (χ3v) is 3.35. The van der Waals surface area contributed by atoms with E-state index in [9.17, 15) is 4.39 Å². The lowest BCUT2D eigenvalue weighted by molar-refractivity contribution is 0.556. The Labute approximate surface area is 115 Å². The zero-order chi connectivity index (χ0) is 13.2. The number of hydrogen-bond acceptors (Lipinski definition) is 1. The number of rotatable bonds is 9. The standard InChI is InChI=1S/C15H23ClFN/c1-2-3-4-5-6-7-11-18-12-13-9-8-10-14(16)15(13)17/h8-10,18H,2-7,11-12H2,1H3. The van der Waals surface area contributed by atoms with E-state index in [-0.39, 0.29) is 10.8 Å². The molecule has 0 aromatic heterocycles. The van der Waals surface area contributed by atoms with Gasteiger partial charge >= 0.3 is 0 Å². The molecule has 1 N–H and O–H groups in total. The van der Waals surface area contributed by atoms with Crippen LogP contribution < -0.4 is 5.32 Å². The summed E-state index contributed by atoms with van der Waals surface area (Å²) >= 11 is 5.72. The molecule has 3 heteroatoms. The minimum atomic E-state index is -0.297. The molecule has 0 aliphatic carbocycles. The Balaban J connectivity index is 2.09. The van der Waals surface area contributed by atoms with E-state index in [0.29, 0.717) is 12.1 Å². The average Bonchev–Trinajstić information content (AvgIpc) is 2.37. The van der Waals surface area contributed by atoms with Crippen molar-refractivity contribution in [3.8, 4) is 0 Å². The van der Waals surface area contributed by atoms with Gasteiger partial charge in [0.1, 0.15) is 5.82 Å². The predicted octanol–water partition coefficient (Wildman–Crippen LogP) is 4.93. The molecule has 1 rings (SSSR count). The quantitative estimate of drug-likeness (QED) is 0.628. The molecule has 18 heavy (non-hydrogen) atoms. The molecule has 0 saturated heterocycles. The van der Waals surface area contributed by atoms with Gasteiger partial charge in [-0.3, -0.25) is 0 Å². The first-order valence-electron chi connectivity index (χ1n) is 6.89. The third kappa shape index (κ3) is 5.83. The van der Waals surface area contributed by atoms with Crippen molar-refractivity contribution in [1.29, 1.82) is 0 Å². The van der Waals surface area contributed by atoms with E-state index < -0.39 is 0 Å². The highest BCUT2D eigenvalue weighted by atomic mass is 35.5. The highest BCUT2D eigenvalue weighted by molar-refractivity contribution is 6.30. The lowest BCUT2D eigenvalue weighted by atomic mass is 10.1. The van der Waals surface area contributed by atoms with Crippen molar-refractivity contribution in [3.63, 3.8) is 0 Å². The van der Waals surface area contributed by atoms with Crippen molar-refractivity contribution in [2.75, 3.05) is 6.54 Å². The van der Waals surface area contributed by atoms with Crippen LogP contribution in [0.15, 0.2) is 18.2 Å². The van der Waals surface area contributed by atoms with Gasteiger partial charge in [0.2, 0.25) is 0 Å². The maximum absolute atomic E-state index is 13.5. The number of halogens is 2. The number of benzene rings is 1. The minimum Gasteiger partial charge on any atom is -0.313 e. The normalized spacial score (nSPS) is 10.8. The fourth-order valence-corrected chi connectivity index (χ4v) is 2.13. The van der Waals surface area contributed by atoms with Gasteiger partial charge in [0.15, 0.2) is 0 Å². The molecule has 0 amide bonds. The summed E-state index contributed by atoms with van der Waals surface area (Å²) in [7, 11) is 0. The largest absolute Gasteiger partial charge is 0.313 e. The molecule has 0 saturated carbocycles. The van der Waals surface area contributed by atoms with Crippen LogP contribution in [0.3, 0.4) is 0 Å². The van der Waals surface area contributed by atoms with E-state index in [4.69, 9.17) is 11.6 Å². The topological polar surface area (TPSA) is 12.0 Å². The molecule has 1 aromatic carbocycles. The second-order valence-corrected chi connectivity index (χ2v) is 5.06. The minimum absolute atomic E-state index is 0.203. The van der Waals surface area contributed by atoms with Gasteiger partial charge in [-0.25, -0.2) is 4.39 Å². The van der Waals surface area contributed by atoms with Crippen LogP contribution in [0.5, 0.6) is 0 Å². The SMILES string of the molecule is CCCCCCCCNCc1cccc(Cl)c1F. The van der Waals surface area contributed by atoms with Crippen LogP contribution in [0.1, 0.15) is 51.0 Å². The van der Waals surface area contributed by atoms with Crippen LogP contribution in [0.25, 0.3) is 0 Å². The fourth-order valence-electron chi connectivity index (χ4n) is 1.94. The van der Waals surface area contributed by atoms with Crippen LogP contribution in [0, 0.1) is 5.82 Å². The summed E-state index contributed by atoms with van der Waals surface area (Å²) in [6.07, 6.45) is 7.67. The van der Waals surface area contributed by atoms with Crippen molar-refractivity contribution in [3.05, 3.63) is 34.6 Å². The zero-order valence-corrected chi connectivity index (χ0v) is 11.9. The predicted molar refractivity (Wildman–Crippen MR) is 76.5 cm³/mol. The molecule has 102 valence electrons. The Hall–Kier alpha value is -0.600. The summed E-state index contributed by atoms with van der Waals surface area (Å²) in [5.41, 5.74) is 0.647. The Bertz CT molecular complexity index is 341. The molecule has 0 atom stereocenters. The van der Waals surface area contributed by atoms with Gasteiger partial charge in [-0.2, -0.15) is 0 Å². The molecule has 0 fully saturated rings. The Kier molecular flexibility index (Phi) is 8.03. The van der Waals surface area contributed by atoms with Gasteiger partial charge in [0.05, 0.1) is 5.02 Å². The van der Waals surface area contributed by atoms with Gasteiger partial charge in [-0.1, -0.05) is 62.8 Å². The lowest BCUT2D eigenvalue weighted by Crippen LogP contribution is -2.15. The summed E-state index contributed by atoms with van der Waals surface area (Å²) in [5.74, 6) is -0.297. The molecule has 1 aromatic rings. The van der Waals surface area contributed by atoms with Crippen molar-refractivity contribution in [2.45, 2.75) is 52.0 Å². The lowest BCUT2D eigenvalue weighted by Gasteiger charge is -2.06. The molecular formula is C15H23ClFN. The van der Waals surface area contributed by atoms with Crippen LogP contribution in [-0.4, -0.2) is 6.54 Å². The monoisotopic (exact) mass is 271 g/mol. The molecule has 0 aliphatic heterocycles. The number of unbranched alkanes of at least 4 members (excludes halogenated alkanes) is 5. The van der Waals surface area contributed by atoms with E-state index in [1.54, 1.807) is 18.2 Å². The highest BCUT2D eigenvalue weighted by Gasteiger charge is 2.04. The fraction of sp³-hybridized carbons (Fsp3) is 0.600. The van der Waals surface area contributed by atoms with Crippen LogP contribution in [0.4, 0.5) is 4.39 Å². The average molecular weight is 272 g/mol. The van der Waals surface area contributed by atoms with Crippen LogP contribution in [-0.2, 0) is 6.54 Å². The van der Waals surface area contributed by atoms with Gasteiger partial charge in [0, 0.05) is 12.1 Å². The second-order valence-electron chi connectivity index (χ2n) is 4.66. The van der Waals surface area contributed by atoms with E-state index in [0.717, 1.165) is 13.0 Å². The van der Waals surface area contributed by atoms with E-state index in [1.807, 2.05) is 0 Å². The molecule has 1 nitrogen and oxygen atoms in total. The van der Waals surface area contributed by atoms with Crippen molar-refractivity contribution in [2.24, 2.45) is 0 Å². The molecule has 0 radical (unpaired) electrons. The molecule has 0 bridgehead atoms. The molecular weight excluding hydrogens is 249 g/mol. The number of hydrogen-bond donors (Lipinski definition) is 1. The smallest absolute Gasteiger partial charge is 0.146 e. The molecule has 0 spiro atoms. The summed E-state index contributed by atoms with van der Waals surface area (Å²) in [4.78, 5) is 0.